The molecular formula is C10H11N3S. The lowest BCUT2D eigenvalue weighted by Gasteiger charge is -2.16. The van der Waals surface area contributed by atoms with Crippen molar-refractivity contribution in [3.63, 3.8) is 0 Å². The van der Waals surface area contributed by atoms with Crippen molar-refractivity contribution >= 4 is 27.4 Å². The van der Waals surface area contributed by atoms with Gasteiger partial charge in [0.05, 0.1) is 5.39 Å². The van der Waals surface area contributed by atoms with E-state index in [4.69, 9.17) is 0 Å². The average Bonchev–Trinajstić information content (AvgIpc) is 2.88. The van der Waals surface area contributed by atoms with Crippen molar-refractivity contribution in [2.75, 3.05) is 18.0 Å². The number of aromatic nitrogens is 2. The van der Waals surface area contributed by atoms with E-state index in [1.807, 2.05) is 0 Å². The predicted octanol–water partition coefficient (Wildman–Crippen LogP) is 2.29. The summed E-state index contributed by atoms with van der Waals surface area (Å²) in [6, 6.07) is 2.12. The Hall–Kier alpha value is -1.16. The molecule has 1 aliphatic rings. The largest absolute Gasteiger partial charge is 0.356 e. The quantitative estimate of drug-likeness (QED) is 0.715. The number of hydrogen-bond donors (Lipinski definition) is 0. The van der Waals surface area contributed by atoms with Gasteiger partial charge in [-0.2, -0.15) is 0 Å². The van der Waals surface area contributed by atoms with Crippen LogP contribution in [0, 0.1) is 0 Å². The first-order valence-corrected chi connectivity index (χ1v) is 5.76. The van der Waals surface area contributed by atoms with Crippen molar-refractivity contribution in [3.8, 4) is 0 Å². The van der Waals surface area contributed by atoms with Gasteiger partial charge in [-0.05, 0) is 24.3 Å². The lowest BCUT2D eigenvalue weighted by Crippen LogP contribution is -2.19. The molecular weight excluding hydrogens is 194 g/mol. The summed E-state index contributed by atoms with van der Waals surface area (Å²) in [5, 5.41) is 3.29. The van der Waals surface area contributed by atoms with Crippen LogP contribution in [-0.2, 0) is 0 Å². The molecule has 14 heavy (non-hydrogen) atoms. The Kier molecular flexibility index (Phi) is 1.87. The van der Waals surface area contributed by atoms with Gasteiger partial charge in [0.15, 0.2) is 0 Å². The van der Waals surface area contributed by atoms with Gasteiger partial charge in [0.1, 0.15) is 17.0 Å². The normalized spacial score (nSPS) is 16.7. The Morgan fingerprint density at radius 2 is 2.07 bits per heavy atom. The summed E-state index contributed by atoms with van der Waals surface area (Å²) in [4.78, 5) is 12.1. The highest BCUT2D eigenvalue weighted by atomic mass is 32.1. The standard InChI is InChI=1S/C10H11N3S/c1-2-5-13(4-1)9-8-3-6-14-10(8)12-7-11-9/h3,6-7H,1-2,4-5H2. The number of nitrogens with zero attached hydrogens (tertiary/aromatic N) is 3. The van der Waals surface area contributed by atoms with Crippen LogP contribution in [0.5, 0.6) is 0 Å². The summed E-state index contributed by atoms with van der Waals surface area (Å²) >= 11 is 1.68. The summed E-state index contributed by atoms with van der Waals surface area (Å²) in [6.45, 7) is 2.28. The Labute approximate surface area is 86.4 Å². The van der Waals surface area contributed by atoms with E-state index in [2.05, 4.69) is 26.3 Å². The van der Waals surface area contributed by atoms with Gasteiger partial charge in [-0.3, -0.25) is 0 Å². The number of anilines is 1. The Bertz CT molecular complexity index is 445. The molecule has 3 nitrogen and oxygen atoms in total. The van der Waals surface area contributed by atoms with Crippen LogP contribution < -0.4 is 4.90 Å². The average molecular weight is 205 g/mol. The Balaban J connectivity index is 2.14. The maximum absolute atomic E-state index is 4.38. The smallest absolute Gasteiger partial charge is 0.140 e. The molecule has 4 heteroatoms. The molecule has 2 aromatic rings. The van der Waals surface area contributed by atoms with Crippen molar-refractivity contribution in [1.82, 2.24) is 9.97 Å². The minimum Gasteiger partial charge on any atom is -0.356 e. The van der Waals surface area contributed by atoms with Crippen LogP contribution in [0.25, 0.3) is 10.2 Å². The Morgan fingerprint density at radius 1 is 1.21 bits per heavy atom. The van der Waals surface area contributed by atoms with Crippen LogP contribution in [0.4, 0.5) is 5.82 Å². The fourth-order valence-corrected chi connectivity index (χ4v) is 2.69. The zero-order valence-corrected chi connectivity index (χ0v) is 8.63. The summed E-state index contributed by atoms with van der Waals surface area (Å²) < 4.78 is 0. The van der Waals surface area contributed by atoms with Gasteiger partial charge in [-0.1, -0.05) is 0 Å². The van der Waals surface area contributed by atoms with Crippen LogP contribution in [0.2, 0.25) is 0 Å². The second-order valence-electron chi connectivity index (χ2n) is 3.53. The predicted molar refractivity (Wildman–Crippen MR) is 58.9 cm³/mol. The fourth-order valence-electron chi connectivity index (χ4n) is 1.96. The summed E-state index contributed by atoms with van der Waals surface area (Å²) in [6.07, 6.45) is 4.25. The molecule has 1 aliphatic heterocycles. The monoisotopic (exact) mass is 205 g/mol. The van der Waals surface area contributed by atoms with Gasteiger partial charge >= 0.3 is 0 Å². The fraction of sp³-hybridized carbons (Fsp3) is 0.400. The molecule has 72 valence electrons. The van der Waals surface area contributed by atoms with Crippen molar-refractivity contribution in [2.24, 2.45) is 0 Å². The van der Waals surface area contributed by atoms with E-state index in [1.54, 1.807) is 17.7 Å². The molecule has 0 saturated carbocycles. The van der Waals surface area contributed by atoms with Gasteiger partial charge in [-0.25, -0.2) is 9.97 Å². The van der Waals surface area contributed by atoms with Crippen LogP contribution in [0.3, 0.4) is 0 Å². The van der Waals surface area contributed by atoms with Gasteiger partial charge in [-0.15, -0.1) is 11.3 Å². The third-order valence-electron chi connectivity index (χ3n) is 2.65. The molecule has 0 spiro atoms. The number of fused-ring (bicyclic) bond motifs is 1. The highest BCUT2D eigenvalue weighted by Crippen LogP contribution is 2.28. The number of thiophene rings is 1. The minimum absolute atomic E-state index is 1.10. The molecule has 0 aromatic carbocycles. The van der Waals surface area contributed by atoms with E-state index in [1.165, 1.54) is 18.2 Å². The third-order valence-corrected chi connectivity index (χ3v) is 3.47. The third kappa shape index (κ3) is 1.18. The summed E-state index contributed by atoms with van der Waals surface area (Å²) in [5.74, 6) is 1.12. The van der Waals surface area contributed by atoms with Crippen molar-refractivity contribution in [1.29, 1.82) is 0 Å². The van der Waals surface area contributed by atoms with Crippen molar-refractivity contribution < 1.29 is 0 Å². The summed E-state index contributed by atoms with van der Waals surface area (Å²) in [5.41, 5.74) is 0. The van der Waals surface area contributed by atoms with Crippen LogP contribution in [0.15, 0.2) is 17.8 Å². The van der Waals surface area contributed by atoms with E-state index in [9.17, 15) is 0 Å². The molecule has 1 fully saturated rings. The van der Waals surface area contributed by atoms with E-state index >= 15 is 0 Å². The van der Waals surface area contributed by atoms with Crippen molar-refractivity contribution in [3.05, 3.63) is 17.8 Å². The summed E-state index contributed by atoms with van der Waals surface area (Å²) in [7, 11) is 0. The lowest BCUT2D eigenvalue weighted by atomic mass is 10.3. The maximum atomic E-state index is 4.38. The molecule has 0 aliphatic carbocycles. The molecule has 0 unspecified atom stereocenters. The van der Waals surface area contributed by atoms with Crippen LogP contribution >= 0.6 is 11.3 Å². The van der Waals surface area contributed by atoms with Gasteiger partial charge < -0.3 is 4.90 Å². The number of hydrogen-bond acceptors (Lipinski definition) is 4. The topological polar surface area (TPSA) is 29.0 Å². The molecule has 0 amide bonds. The van der Waals surface area contributed by atoms with Gasteiger partial charge in [0.25, 0.3) is 0 Å². The molecule has 0 N–H and O–H groups in total. The van der Waals surface area contributed by atoms with E-state index in [-0.39, 0.29) is 0 Å². The lowest BCUT2D eigenvalue weighted by molar-refractivity contribution is 0.940. The second-order valence-corrected chi connectivity index (χ2v) is 4.43. The van der Waals surface area contributed by atoms with E-state index in [0.717, 1.165) is 23.7 Å². The van der Waals surface area contributed by atoms with Gasteiger partial charge in [0.2, 0.25) is 0 Å². The van der Waals surface area contributed by atoms with Gasteiger partial charge in [0, 0.05) is 13.1 Å². The van der Waals surface area contributed by atoms with E-state index < -0.39 is 0 Å². The zero-order chi connectivity index (χ0) is 9.38. The molecule has 1 saturated heterocycles. The second kappa shape index (κ2) is 3.20. The molecule has 0 atom stereocenters. The molecule has 3 heterocycles. The maximum Gasteiger partial charge on any atom is 0.140 e. The van der Waals surface area contributed by atoms with Crippen LogP contribution in [-0.4, -0.2) is 23.1 Å². The highest BCUT2D eigenvalue weighted by Gasteiger charge is 2.16. The van der Waals surface area contributed by atoms with Crippen LogP contribution in [0.1, 0.15) is 12.8 Å². The highest BCUT2D eigenvalue weighted by molar-refractivity contribution is 7.16. The first-order chi connectivity index (χ1) is 6.95. The molecule has 0 radical (unpaired) electrons. The van der Waals surface area contributed by atoms with E-state index in [0.29, 0.717) is 0 Å². The molecule has 2 aromatic heterocycles. The molecule has 3 rings (SSSR count). The van der Waals surface area contributed by atoms with Crippen molar-refractivity contribution in [2.45, 2.75) is 12.8 Å². The molecule has 0 bridgehead atoms. The first kappa shape index (κ1) is 8.17. The number of rotatable bonds is 1. The minimum atomic E-state index is 1.10. The zero-order valence-electron chi connectivity index (χ0n) is 7.81. The SMILES string of the molecule is c1nc(N2CCCC2)c2ccsc2n1. The Morgan fingerprint density at radius 3 is 2.93 bits per heavy atom. The first-order valence-electron chi connectivity index (χ1n) is 4.88.